The van der Waals surface area contributed by atoms with E-state index in [9.17, 15) is 0 Å². The molecule has 88 valence electrons. The topological polar surface area (TPSA) is 0 Å². The van der Waals surface area contributed by atoms with Gasteiger partial charge in [-0.15, -0.1) is 0 Å². The van der Waals surface area contributed by atoms with Gasteiger partial charge >= 0.3 is 0 Å². The first kappa shape index (κ1) is 11.7. The van der Waals surface area contributed by atoms with Crippen molar-refractivity contribution in [3.05, 3.63) is 35.4 Å². The summed E-state index contributed by atoms with van der Waals surface area (Å²) in [5.41, 5.74) is 3.23. The number of hydrogen-bond acceptors (Lipinski definition) is 0. The number of fused-ring (bicyclic) bond motifs is 1. The minimum Gasteiger partial charge on any atom is -0.0654 e. The Bertz CT molecular complexity index is 314. The summed E-state index contributed by atoms with van der Waals surface area (Å²) in [5.74, 6) is 0.891. The summed E-state index contributed by atoms with van der Waals surface area (Å²) < 4.78 is 0. The average Bonchev–Trinajstić information content (AvgIpc) is 2.28. The lowest BCUT2D eigenvalue weighted by Gasteiger charge is -2.30. The van der Waals surface area contributed by atoms with E-state index in [4.69, 9.17) is 0 Å². The highest BCUT2D eigenvalue weighted by Crippen LogP contribution is 2.38. The molecule has 0 heteroatoms. The maximum absolute atomic E-state index is 2.32. The Morgan fingerprint density at radius 1 is 1.00 bits per heavy atom. The van der Waals surface area contributed by atoms with E-state index in [0.29, 0.717) is 0 Å². The average molecular weight is 216 g/mol. The summed E-state index contributed by atoms with van der Waals surface area (Å²) >= 11 is 0. The Morgan fingerprint density at radius 2 is 1.75 bits per heavy atom. The van der Waals surface area contributed by atoms with Crippen molar-refractivity contribution in [3.63, 3.8) is 0 Å². The van der Waals surface area contributed by atoms with E-state index in [-0.39, 0.29) is 0 Å². The van der Waals surface area contributed by atoms with Gasteiger partial charge in [0.25, 0.3) is 0 Å². The van der Waals surface area contributed by atoms with Gasteiger partial charge in [-0.2, -0.15) is 0 Å². The lowest BCUT2D eigenvalue weighted by molar-refractivity contribution is 0.504. The Balaban J connectivity index is 1.59. The fourth-order valence-electron chi connectivity index (χ4n) is 2.79. The summed E-state index contributed by atoms with van der Waals surface area (Å²) in [4.78, 5) is 0. The second kappa shape index (κ2) is 6.08. The van der Waals surface area contributed by atoms with Crippen LogP contribution in [-0.4, -0.2) is 0 Å². The minimum atomic E-state index is 0.891. The highest BCUT2D eigenvalue weighted by Gasteiger charge is 2.24. The van der Waals surface area contributed by atoms with E-state index in [0.717, 1.165) is 5.92 Å². The van der Waals surface area contributed by atoms with Crippen LogP contribution in [0.5, 0.6) is 0 Å². The van der Waals surface area contributed by atoms with Crippen molar-refractivity contribution in [2.24, 2.45) is 0 Å². The van der Waals surface area contributed by atoms with Crippen molar-refractivity contribution >= 4 is 0 Å². The first-order chi connectivity index (χ1) is 7.92. The highest BCUT2D eigenvalue weighted by molar-refractivity contribution is 5.39. The van der Waals surface area contributed by atoms with Crippen LogP contribution >= 0.6 is 0 Å². The van der Waals surface area contributed by atoms with Crippen LogP contribution < -0.4 is 0 Å². The highest BCUT2D eigenvalue weighted by atomic mass is 14.3. The molecule has 0 spiro atoms. The Labute approximate surface area is 100 Å². The van der Waals surface area contributed by atoms with Crippen molar-refractivity contribution in [3.8, 4) is 0 Å². The summed E-state index contributed by atoms with van der Waals surface area (Å²) in [6.45, 7) is 2.28. The molecule has 2 rings (SSSR count). The van der Waals surface area contributed by atoms with Gasteiger partial charge in [-0.05, 0) is 29.9 Å². The van der Waals surface area contributed by atoms with Gasteiger partial charge in [0.15, 0.2) is 0 Å². The Hall–Kier alpha value is -0.780. The lowest BCUT2D eigenvalue weighted by Crippen LogP contribution is -2.16. The molecule has 0 bridgehead atoms. The fourth-order valence-corrected chi connectivity index (χ4v) is 2.79. The zero-order chi connectivity index (χ0) is 11.2. The van der Waals surface area contributed by atoms with E-state index in [1.807, 2.05) is 0 Å². The molecule has 0 heterocycles. The third-order valence-electron chi connectivity index (χ3n) is 3.87. The van der Waals surface area contributed by atoms with Gasteiger partial charge < -0.3 is 0 Å². The van der Waals surface area contributed by atoms with Gasteiger partial charge in [0.2, 0.25) is 0 Å². The second-order valence-corrected chi connectivity index (χ2v) is 5.16. The normalized spacial score (nSPS) is 17.9. The van der Waals surface area contributed by atoms with Crippen molar-refractivity contribution in [2.45, 2.75) is 64.2 Å². The molecule has 1 unspecified atom stereocenters. The smallest absolute Gasteiger partial charge is 0.0119 e. The number of hydrogen-bond donors (Lipinski definition) is 0. The quantitative estimate of drug-likeness (QED) is 0.558. The zero-order valence-electron chi connectivity index (χ0n) is 10.5. The largest absolute Gasteiger partial charge is 0.0654 e. The second-order valence-electron chi connectivity index (χ2n) is 5.16. The molecule has 0 nitrogen and oxygen atoms in total. The van der Waals surface area contributed by atoms with Gasteiger partial charge in [0, 0.05) is 0 Å². The van der Waals surface area contributed by atoms with Crippen LogP contribution in [0.4, 0.5) is 0 Å². The van der Waals surface area contributed by atoms with Crippen LogP contribution in [-0.2, 0) is 6.42 Å². The van der Waals surface area contributed by atoms with Crippen molar-refractivity contribution in [2.75, 3.05) is 0 Å². The fraction of sp³-hybridized carbons (Fsp3) is 0.625. The molecule has 0 amide bonds. The number of rotatable bonds is 7. The third-order valence-corrected chi connectivity index (χ3v) is 3.87. The predicted molar refractivity (Wildman–Crippen MR) is 70.9 cm³/mol. The van der Waals surface area contributed by atoms with Gasteiger partial charge in [0.05, 0.1) is 0 Å². The summed E-state index contributed by atoms with van der Waals surface area (Å²) in [6.07, 6.45) is 11.3. The molecule has 0 N–H and O–H groups in total. The molecule has 1 atom stereocenters. The lowest BCUT2D eigenvalue weighted by atomic mass is 9.75. The maximum Gasteiger partial charge on any atom is -0.0119 e. The number of benzene rings is 1. The summed E-state index contributed by atoms with van der Waals surface area (Å²) in [7, 11) is 0. The predicted octanol–water partition coefficient (Wildman–Crippen LogP) is 5.08. The molecular weight excluding hydrogens is 192 g/mol. The summed E-state index contributed by atoms with van der Waals surface area (Å²) in [6, 6.07) is 8.96. The Morgan fingerprint density at radius 3 is 2.56 bits per heavy atom. The third kappa shape index (κ3) is 2.87. The molecule has 1 aromatic rings. The van der Waals surface area contributed by atoms with Gasteiger partial charge in [0.1, 0.15) is 0 Å². The van der Waals surface area contributed by atoms with Crippen LogP contribution in [0.15, 0.2) is 24.3 Å². The van der Waals surface area contributed by atoms with Crippen LogP contribution in [0.3, 0.4) is 0 Å². The van der Waals surface area contributed by atoms with Crippen LogP contribution in [0.1, 0.15) is 68.9 Å². The van der Waals surface area contributed by atoms with Crippen molar-refractivity contribution in [1.82, 2.24) is 0 Å². The molecule has 0 aliphatic heterocycles. The molecule has 16 heavy (non-hydrogen) atoms. The first-order valence-electron chi connectivity index (χ1n) is 6.99. The van der Waals surface area contributed by atoms with Gasteiger partial charge in [-0.1, -0.05) is 69.7 Å². The van der Waals surface area contributed by atoms with E-state index in [2.05, 4.69) is 31.2 Å². The van der Waals surface area contributed by atoms with Crippen LogP contribution in [0.2, 0.25) is 0 Å². The van der Waals surface area contributed by atoms with Crippen LogP contribution in [0.25, 0.3) is 0 Å². The molecule has 0 saturated heterocycles. The van der Waals surface area contributed by atoms with Crippen LogP contribution in [0, 0.1) is 0 Å². The van der Waals surface area contributed by atoms with E-state index >= 15 is 0 Å². The molecule has 0 saturated carbocycles. The minimum absolute atomic E-state index is 0.891. The van der Waals surface area contributed by atoms with E-state index in [1.54, 1.807) is 11.1 Å². The van der Waals surface area contributed by atoms with E-state index < -0.39 is 0 Å². The number of unbranched alkanes of at least 4 members (excludes halogenated alkanes) is 5. The van der Waals surface area contributed by atoms with Crippen molar-refractivity contribution in [1.29, 1.82) is 0 Å². The zero-order valence-corrected chi connectivity index (χ0v) is 10.5. The van der Waals surface area contributed by atoms with Gasteiger partial charge in [-0.3, -0.25) is 0 Å². The van der Waals surface area contributed by atoms with Crippen molar-refractivity contribution < 1.29 is 0 Å². The maximum atomic E-state index is 2.32. The molecular formula is C16H24. The van der Waals surface area contributed by atoms with Gasteiger partial charge in [-0.25, -0.2) is 0 Å². The molecule has 1 aliphatic rings. The summed E-state index contributed by atoms with van der Waals surface area (Å²) in [5, 5.41) is 0. The standard InChI is InChI=1S/C16H24/c1-2-3-4-5-6-7-10-14-13-15-11-8-9-12-16(14)15/h8-9,11-12,14H,2-7,10,13H2,1H3. The SMILES string of the molecule is CCCCCCCCC1Cc2ccccc21. The monoisotopic (exact) mass is 216 g/mol. The molecule has 1 aliphatic carbocycles. The van der Waals surface area contributed by atoms with E-state index in [1.165, 1.54) is 51.4 Å². The Kier molecular flexibility index (Phi) is 4.44. The first-order valence-corrected chi connectivity index (χ1v) is 6.99. The molecule has 0 radical (unpaired) electrons. The molecule has 0 aromatic heterocycles. The molecule has 1 aromatic carbocycles. The molecule has 0 fully saturated rings.